The van der Waals surface area contributed by atoms with Crippen molar-refractivity contribution in [2.75, 3.05) is 36.4 Å². The third-order valence-electron chi connectivity index (χ3n) is 5.31. The summed E-state index contributed by atoms with van der Waals surface area (Å²) in [7, 11) is 0. The van der Waals surface area contributed by atoms with Gasteiger partial charge in [0.15, 0.2) is 0 Å². The number of hydrogen-bond acceptors (Lipinski definition) is 5. The van der Waals surface area contributed by atoms with Crippen LogP contribution >= 0.6 is 0 Å². The third kappa shape index (κ3) is 4.35. The molecule has 2 aromatic heterocycles. The van der Waals surface area contributed by atoms with Gasteiger partial charge in [0.1, 0.15) is 17.5 Å². The highest BCUT2D eigenvalue weighted by atomic mass is 19.3. The first-order valence-electron chi connectivity index (χ1n) is 9.54. The van der Waals surface area contributed by atoms with E-state index >= 15 is 0 Å². The molecule has 0 spiro atoms. The Morgan fingerprint density at radius 3 is 2.70 bits per heavy atom. The summed E-state index contributed by atoms with van der Waals surface area (Å²) in [6.45, 7) is 4.03. The number of halogens is 2. The van der Waals surface area contributed by atoms with Crippen molar-refractivity contribution in [3.63, 3.8) is 0 Å². The second kappa shape index (κ2) is 7.38. The van der Waals surface area contributed by atoms with Crippen molar-refractivity contribution in [3.8, 4) is 0 Å². The van der Waals surface area contributed by atoms with Crippen LogP contribution in [0.1, 0.15) is 36.3 Å². The summed E-state index contributed by atoms with van der Waals surface area (Å²) in [6.07, 6.45) is 3.72. The van der Waals surface area contributed by atoms with E-state index in [-0.39, 0.29) is 13.0 Å². The molecule has 2 aliphatic rings. The van der Waals surface area contributed by atoms with Crippen molar-refractivity contribution < 1.29 is 8.78 Å². The van der Waals surface area contributed by atoms with Crippen LogP contribution in [0.2, 0.25) is 0 Å². The van der Waals surface area contributed by atoms with Crippen LogP contribution < -0.4 is 15.5 Å². The lowest BCUT2D eigenvalue weighted by Gasteiger charge is -2.25. The molecule has 0 unspecified atom stereocenters. The van der Waals surface area contributed by atoms with E-state index in [4.69, 9.17) is 0 Å². The van der Waals surface area contributed by atoms with Gasteiger partial charge in [0.05, 0.1) is 6.54 Å². The molecule has 144 valence electrons. The topological polar surface area (TPSA) is 53.1 Å². The van der Waals surface area contributed by atoms with Crippen LogP contribution in [0.4, 0.5) is 26.2 Å². The van der Waals surface area contributed by atoms with Crippen LogP contribution in [0.15, 0.2) is 30.5 Å². The molecular weight excluding hydrogens is 348 g/mol. The van der Waals surface area contributed by atoms with Gasteiger partial charge in [-0.05, 0) is 74.2 Å². The average Bonchev–Trinajstić information content (AvgIpc) is 3.02. The molecule has 0 amide bonds. The molecule has 4 heterocycles. The van der Waals surface area contributed by atoms with Crippen molar-refractivity contribution in [2.24, 2.45) is 0 Å². The second-order valence-corrected chi connectivity index (χ2v) is 7.54. The summed E-state index contributed by atoms with van der Waals surface area (Å²) in [6, 6.07) is 7.91. The largest absolute Gasteiger partial charge is 0.350 e. The Labute approximate surface area is 158 Å². The number of piperidine rings is 1. The minimum Gasteiger partial charge on any atom is -0.350 e. The van der Waals surface area contributed by atoms with Gasteiger partial charge >= 0.3 is 0 Å². The molecule has 0 saturated carbocycles. The lowest BCUT2D eigenvalue weighted by molar-refractivity contribution is 0.0256. The monoisotopic (exact) mass is 373 g/mol. The molecule has 2 fully saturated rings. The zero-order valence-electron chi connectivity index (χ0n) is 15.5. The normalized spacial score (nSPS) is 20.0. The van der Waals surface area contributed by atoms with Gasteiger partial charge in [-0.25, -0.2) is 18.7 Å². The average molecular weight is 373 g/mol. The van der Waals surface area contributed by atoms with Crippen molar-refractivity contribution in [2.45, 2.75) is 38.0 Å². The van der Waals surface area contributed by atoms with Gasteiger partial charge in [0, 0.05) is 19.2 Å². The number of anilines is 3. The molecule has 5 nitrogen and oxygen atoms in total. The molecule has 7 heteroatoms. The molecular formula is C20H25F2N5. The minimum absolute atomic E-state index is 0.117. The zero-order chi connectivity index (χ0) is 18.9. The first-order chi connectivity index (χ1) is 13.0. The van der Waals surface area contributed by atoms with Crippen molar-refractivity contribution in [1.82, 2.24) is 15.3 Å². The highest BCUT2D eigenvalue weighted by Crippen LogP contribution is 2.34. The van der Waals surface area contributed by atoms with E-state index in [9.17, 15) is 8.78 Å². The van der Waals surface area contributed by atoms with Crippen molar-refractivity contribution >= 4 is 17.5 Å². The molecule has 2 aromatic rings. The minimum atomic E-state index is -2.64. The summed E-state index contributed by atoms with van der Waals surface area (Å²) >= 11 is 0. The molecule has 4 rings (SSSR count). The molecule has 0 bridgehead atoms. The Balaban J connectivity index is 1.65. The number of hydrogen-bond donors (Lipinski definition) is 2. The Morgan fingerprint density at radius 1 is 1.19 bits per heavy atom. The summed E-state index contributed by atoms with van der Waals surface area (Å²) in [5.41, 5.74) is 2.26. The maximum Gasteiger partial charge on any atom is 0.266 e. The van der Waals surface area contributed by atoms with Crippen LogP contribution in [0.3, 0.4) is 0 Å². The number of nitrogens with zero attached hydrogens (tertiary/aromatic N) is 3. The quantitative estimate of drug-likeness (QED) is 0.853. The fourth-order valence-electron chi connectivity index (χ4n) is 3.82. The summed E-state index contributed by atoms with van der Waals surface area (Å²) in [5.74, 6) is -0.226. The molecule has 0 aromatic carbocycles. The van der Waals surface area contributed by atoms with E-state index in [0.717, 1.165) is 37.1 Å². The van der Waals surface area contributed by atoms with Crippen LogP contribution in [-0.2, 0) is 0 Å². The highest BCUT2D eigenvalue weighted by molar-refractivity contribution is 5.58. The van der Waals surface area contributed by atoms with E-state index in [0.29, 0.717) is 29.9 Å². The molecule has 27 heavy (non-hydrogen) atoms. The van der Waals surface area contributed by atoms with Gasteiger partial charge in [-0.2, -0.15) is 0 Å². The number of rotatable bonds is 4. The van der Waals surface area contributed by atoms with Crippen LogP contribution in [0.25, 0.3) is 0 Å². The first-order valence-corrected chi connectivity index (χ1v) is 9.54. The first kappa shape index (κ1) is 18.1. The molecule has 0 atom stereocenters. The van der Waals surface area contributed by atoms with E-state index in [1.54, 1.807) is 11.1 Å². The summed E-state index contributed by atoms with van der Waals surface area (Å²) in [4.78, 5) is 10.7. The van der Waals surface area contributed by atoms with Gasteiger partial charge in [-0.3, -0.25) is 0 Å². The van der Waals surface area contributed by atoms with Crippen LogP contribution in [-0.4, -0.2) is 42.1 Å². The fraction of sp³-hybridized carbons (Fsp3) is 0.500. The fourth-order valence-corrected chi connectivity index (χ4v) is 3.82. The Bertz CT molecular complexity index is 805. The van der Waals surface area contributed by atoms with E-state index in [1.165, 1.54) is 0 Å². The van der Waals surface area contributed by atoms with E-state index < -0.39 is 5.92 Å². The molecule has 0 aliphatic carbocycles. The standard InChI is InChI=1S/C20H25F2N5/c1-14-2-8-24-17(10-14)25-18-11-16(15-3-6-23-7-4-15)12-19(26-18)27-9-5-20(21,22)13-27/h2,8,10-12,15,23H,3-7,9,13H2,1H3,(H,24,25,26). The molecule has 2 N–H and O–H groups in total. The van der Waals surface area contributed by atoms with Gasteiger partial charge < -0.3 is 15.5 Å². The van der Waals surface area contributed by atoms with Crippen LogP contribution in [0.5, 0.6) is 0 Å². The SMILES string of the molecule is Cc1ccnc(Nc2cc(C3CCNCC3)cc(N3CCC(F)(F)C3)n2)c1. The zero-order valence-corrected chi connectivity index (χ0v) is 15.5. The predicted molar refractivity (Wildman–Crippen MR) is 103 cm³/mol. The van der Waals surface area contributed by atoms with Crippen LogP contribution in [0, 0.1) is 6.92 Å². The number of aryl methyl sites for hydroxylation is 1. The van der Waals surface area contributed by atoms with E-state index in [2.05, 4.69) is 20.6 Å². The lowest BCUT2D eigenvalue weighted by Crippen LogP contribution is -2.28. The molecule has 2 aliphatic heterocycles. The number of aromatic nitrogens is 2. The maximum absolute atomic E-state index is 13.7. The van der Waals surface area contributed by atoms with Crippen molar-refractivity contribution in [1.29, 1.82) is 0 Å². The van der Waals surface area contributed by atoms with Gasteiger partial charge in [0.25, 0.3) is 5.92 Å². The second-order valence-electron chi connectivity index (χ2n) is 7.54. The summed E-state index contributed by atoms with van der Waals surface area (Å²) in [5, 5.41) is 6.63. The molecule has 0 radical (unpaired) electrons. The van der Waals surface area contributed by atoms with Gasteiger partial charge in [-0.1, -0.05) is 0 Å². The van der Waals surface area contributed by atoms with Gasteiger partial charge in [-0.15, -0.1) is 0 Å². The lowest BCUT2D eigenvalue weighted by atomic mass is 9.90. The summed E-state index contributed by atoms with van der Waals surface area (Å²) < 4.78 is 27.4. The third-order valence-corrected chi connectivity index (χ3v) is 5.31. The number of pyridine rings is 2. The van der Waals surface area contributed by atoms with Crippen molar-refractivity contribution in [3.05, 3.63) is 41.6 Å². The Kier molecular flexibility index (Phi) is 4.95. The number of alkyl halides is 2. The highest BCUT2D eigenvalue weighted by Gasteiger charge is 2.39. The Hall–Kier alpha value is -2.28. The predicted octanol–water partition coefficient (Wildman–Crippen LogP) is 3.84. The van der Waals surface area contributed by atoms with E-state index in [1.807, 2.05) is 31.2 Å². The smallest absolute Gasteiger partial charge is 0.266 e. The Morgan fingerprint density at radius 2 is 2.00 bits per heavy atom. The maximum atomic E-state index is 13.7. The molecule has 2 saturated heterocycles. The van der Waals surface area contributed by atoms with Gasteiger partial charge in [0.2, 0.25) is 0 Å². The number of nitrogens with one attached hydrogen (secondary N) is 2.